The zero-order chi connectivity index (χ0) is 15.2. The molecule has 0 saturated carbocycles. The molecule has 0 aromatic rings. The maximum atomic E-state index is 5.39. The summed E-state index contributed by atoms with van der Waals surface area (Å²) >= 11 is 5.12. The van der Waals surface area contributed by atoms with Gasteiger partial charge >= 0.3 is 30.2 Å². The number of ether oxygens (including phenoxy) is 2. The van der Waals surface area contributed by atoms with Gasteiger partial charge in [0.15, 0.2) is 5.76 Å². The SMILES string of the molecule is CC1=CC2=C(Br)C3=C(CC2=[C-]1)OCO3.Cl.Cl.[C-]1=CC=CC1.[CH3-].[CH3-].[SiH2]=[Zr]. The standard InChI is InChI=1S/C11H8BrO2.C5H5.2CH3.2ClH.H2Si.Zr/c1-6-2-7-4-9-11(14-5-13-9)10(12)8(7)3-6;1-2-4-5-3-1;;;;;;/h3H,4-5H2,1H3;1-3H,4H2;2*1H3;2*1H;1H2;/q4*-1;;;;. The van der Waals surface area contributed by atoms with Crippen molar-refractivity contribution >= 4 is 47.6 Å². The summed E-state index contributed by atoms with van der Waals surface area (Å²) < 4.78 is 11.8. The molecule has 7 heteroatoms. The summed E-state index contributed by atoms with van der Waals surface area (Å²) in [4.78, 5) is 0. The molecule has 0 aromatic carbocycles. The Kier molecular flexibility index (Phi) is 18.3. The van der Waals surface area contributed by atoms with Crippen LogP contribution in [-0.4, -0.2) is 13.7 Å². The van der Waals surface area contributed by atoms with Crippen molar-refractivity contribution in [2.24, 2.45) is 0 Å². The monoisotopic (exact) mass is 538 g/mol. The van der Waals surface area contributed by atoms with E-state index in [-0.39, 0.29) is 39.7 Å². The van der Waals surface area contributed by atoms with Crippen molar-refractivity contribution in [2.75, 3.05) is 6.79 Å². The zero-order valence-electron chi connectivity index (χ0n) is 14.6. The molecule has 140 valence electrons. The molecule has 0 radical (unpaired) electrons. The van der Waals surface area contributed by atoms with Gasteiger partial charge in [0.1, 0.15) is 5.76 Å². The van der Waals surface area contributed by atoms with Gasteiger partial charge in [-0.05, 0) is 0 Å². The van der Waals surface area contributed by atoms with E-state index in [9.17, 15) is 0 Å². The number of allylic oxidation sites excluding steroid dienone is 10. The van der Waals surface area contributed by atoms with E-state index in [0.29, 0.717) is 6.79 Å². The van der Waals surface area contributed by atoms with Crippen LogP contribution < -0.4 is 0 Å². The first-order valence-electron chi connectivity index (χ1n) is 6.53. The summed E-state index contributed by atoms with van der Waals surface area (Å²) in [7, 11) is 0. The van der Waals surface area contributed by atoms with Crippen molar-refractivity contribution in [3.8, 4) is 0 Å². The van der Waals surface area contributed by atoms with Crippen molar-refractivity contribution in [1.82, 2.24) is 0 Å². The Hall–Kier alpha value is 0.200. The molecular formula is C18H23BrCl2O2SiZr-4. The van der Waals surface area contributed by atoms with Gasteiger partial charge in [0, 0.05) is 10.9 Å². The van der Waals surface area contributed by atoms with Crippen molar-refractivity contribution < 1.29 is 32.8 Å². The van der Waals surface area contributed by atoms with E-state index in [2.05, 4.69) is 40.2 Å². The summed E-state index contributed by atoms with van der Waals surface area (Å²) in [5.41, 5.74) is 3.54. The molecule has 0 bridgehead atoms. The third kappa shape index (κ3) is 7.76. The molecule has 1 aliphatic heterocycles. The molecular weight excluding hydrogens is 518 g/mol. The predicted octanol–water partition coefficient (Wildman–Crippen LogP) is 5.08. The average molecular weight is 542 g/mol. The van der Waals surface area contributed by atoms with Crippen LogP contribution in [0.15, 0.2) is 57.0 Å². The Morgan fingerprint density at radius 1 is 1.20 bits per heavy atom. The van der Waals surface area contributed by atoms with Crippen LogP contribution in [0.1, 0.15) is 19.8 Å². The van der Waals surface area contributed by atoms with Crippen molar-refractivity contribution in [3.05, 3.63) is 84.0 Å². The topological polar surface area (TPSA) is 18.5 Å². The quantitative estimate of drug-likeness (QED) is 0.315. The van der Waals surface area contributed by atoms with Gasteiger partial charge in [0.05, 0.1) is 0 Å². The molecule has 0 N–H and O–H groups in total. The predicted molar refractivity (Wildman–Crippen MR) is 113 cm³/mol. The van der Waals surface area contributed by atoms with Crippen LogP contribution in [0.25, 0.3) is 0 Å². The van der Waals surface area contributed by atoms with Gasteiger partial charge in [-0.3, -0.25) is 6.08 Å². The molecule has 0 aromatic heterocycles. The Morgan fingerprint density at radius 2 is 1.88 bits per heavy atom. The molecule has 4 rings (SSSR count). The van der Waals surface area contributed by atoms with Crippen LogP contribution in [0.5, 0.6) is 0 Å². The van der Waals surface area contributed by atoms with Gasteiger partial charge < -0.3 is 24.3 Å². The van der Waals surface area contributed by atoms with Gasteiger partial charge in [0.25, 0.3) is 0 Å². The second kappa shape index (κ2) is 15.3. The first-order valence-corrected chi connectivity index (χ1v) is 13.2. The summed E-state index contributed by atoms with van der Waals surface area (Å²) in [5, 5.41) is 0. The van der Waals surface area contributed by atoms with E-state index in [0.717, 1.165) is 34.4 Å². The van der Waals surface area contributed by atoms with Crippen LogP contribution in [0.3, 0.4) is 0 Å². The fourth-order valence-electron chi connectivity index (χ4n) is 2.23. The van der Waals surface area contributed by atoms with E-state index in [1.807, 2.05) is 26.0 Å². The Labute approximate surface area is 189 Å². The molecule has 1 heterocycles. The average Bonchev–Trinajstić information content (AvgIpc) is 3.22. The van der Waals surface area contributed by atoms with Gasteiger partial charge in [-0.1, -0.05) is 22.9 Å². The van der Waals surface area contributed by atoms with E-state index in [4.69, 9.17) is 9.47 Å². The molecule has 4 aliphatic rings. The molecule has 0 fully saturated rings. The third-order valence-corrected chi connectivity index (χ3v) is 3.87. The van der Waals surface area contributed by atoms with Gasteiger partial charge in [-0.2, -0.15) is 28.9 Å². The summed E-state index contributed by atoms with van der Waals surface area (Å²) in [6, 6.07) is 0. The van der Waals surface area contributed by atoms with E-state index in [1.165, 1.54) is 11.1 Å². The Morgan fingerprint density at radius 3 is 2.40 bits per heavy atom. The van der Waals surface area contributed by atoms with Gasteiger partial charge in [-0.25, -0.2) is 18.2 Å². The Balaban J connectivity index is -0.000000385. The number of hydrogen-bond donors (Lipinski definition) is 0. The molecule has 3 aliphatic carbocycles. The van der Waals surface area contributed by atoms with Crippen molar-refractivity contribution in [1.29, 1.82) is 0 Å². The Bertz CT molecular complexity index is 613. The fourth-order valence-corrected chi connectivity index (χ4v) is 2.92. The molecule has 0 saturated heterocycles. The molecule has 2 nitrogen and oxygen atoms in total. The zero-order valence-corrected chi connectivity index (χ0v) is 21.7. The fraction of sp³-hybridized carbons (Fsp3) is 0.222. The summed E-state index contributed by atoms with van der Waals surface area (Å²) in [6.45, 7) is 4.33. The number of fused-ring (bicyclic) bond motifs is 1. The second-order valence-corrected chi connectivity index (χ2v) is 5.29. The maximum absolute atomic E-state index is 5.39. The van der Waals surface area contributed by atoms with E-state index in [1.54, 1.807) is 23.3 Å². The third-order valence-electron chi connectivity index (χ3n) is 3.08. The van der Waals surface area contributed by atoms with Crippen LogP contribution in [0.4, 0.5) is 0 Å². The van der Waals surface area contributed by atoms with Crippen molar-refractivity contribution in [3.63, 3.8) is 0 Å². The van der Waals surface area contributed by atoms with Crippen molar-refractivity contribution in [2.45, 2.75) is 19.8 Å². The van der Waals surface area contributed by atoms with Crippen LogP contribution in [-0.2, 0) is 32.8 Å². The normalized spacial score (nSPS) is 17.0. The minimum absolute atomic E-state index is 0. The van der Waals surface area contributed by atoms with Crippen LogP contribution in [0, 0.1) is 27.0 Å². The van der Waals surface area contributed by atoms with Gasteiger partial charge in [-0.15, -0.1) is 31.2 Å². The van der Waals surface area contributed by atoms with E-state index < -0.39 is 0 Å². The van der Waals surface area contributed by atoms with E-state index >= 15 is 0 Å². The minimum atomic E-state index is 0. The summed E-state index contributed by atoms with van der Waals surface area (Å²) in [5.74, 6) is 1.78. The van der Waals surface area contributed by atoms with Crippen LogP contribution in [0.2, 0.25) is 0 Å². The molecule has 0 amide bonds. The number of hydrogen-bond acceptors (Lipinski definition) is 2. The molecule has 25 heavy (non-hydrogen) atoms. The molecule has 0 spiro atoms. The number of rotatable bonds is 0. The second-order valence-electron chi connectivity index (χ2n) is 4.50. The van der Waals surface area contributed by atoms with Crippen LogP contribution >= 0.6 is 40.7 Å². The summed E-state index contributed by atoms with van der Waals surface area (Å²) in [6.07, 6.45) is 16.2. The van der Waals surface area contributed by atoms with Gasteiger partial charge in [0.2, 0.25) is 6.79 Å². The first-order chi connectivity index (χ1) is 10.3. The molecule has 0 unspecified atom stereocenters. The number of halogens is 3. The first kappa shape index (κ1) is 29.9. The molecule has 0 atom stereocenters.